The van der Waals surface area contributed by atoms with Crippen molar-refractivity contribution >= 4 is 27.9 Å². The molecule has 0 aliphatic rings. The summed E-state index contributed by atoms with van der Waals surface area (Å²) in [6.07, 6.45) is 3.06. The molecule has 0 aliphatic heterocycles. The summed E-state index contributed by atoms with van der Waals surface area (Å²) >= 11 is -1.27. The molecule has 0 spiro atoms. The number of aromatic nitrogens is 4. The first-order valence-corrected chi connectivity index (χ1v) is 10.9. The highest BCUT2D eigenvalue weighted by atomic mass is 32.2. The Bertz CT molecular complexity index is 1180. The van der Waals surface area contributed by atoms with Gasteiger partial charge < -0.3 is 9.87 Å². The van der Waals surface area contributed by atoms with Crippen molar-refractivity contribution in [2.45, 2.75) is 24.8 Å². The number of nitrogens with zero attached hydrogens (tertiary/aromatic N) is 4. The van der Waals surface area contributed by atoms with E-state index >= 15 is 0 Å². The summed E-state index contributed by atoms with van der Waals surface area (Å²) in [5.41, 5.74) is 3.87. The lowest BCUT2D eigenvalue weighted by Gasteiger charge is -2.17. The Kier molecular flexibility index (Phi) is 5.61. The van der Waals surface area contributed by atoms with Crippen molar-refractivity contribution in [2.24, 2.45) is 0 Å². The van der Waals surface area contributed by atoms with Crippen molar-refractivity contribution in [1.29, 1.82) is 0 Å². The van der Waals surface area contributed by atoms with Crippen molar-refractivity contribution in [2.75, 3.05) is 11.6 Å². The number of nitrogens with one attached hydrogen (secondary N) is 1. The van der Waals surface area contributed by atoms with E-state index in [4.69, 9.17) is 0 Å². The molecule has 1 N–H and O–H groups in total. The molecule has 4 rings (SSSR count). The zero-order valence-corrected chi connectivity index (χ0v) is 17.6. The number of fused-ring (bicyclic) bond motifs is 1. The molecule has 30 heavy (non-hydrogen) atoms. The molecule has 0 bridgehead atoms. The molecule has 4 aromatic rings. The van der Waals surface area contributed by atoms with Gasteiger partial charge in [-0.25, -0.2) is 14.4 Å². The Morgan fingerprint density at radius 2 is 1.77 bits per heavy atom. The highest BCUT2D eigenvalue weighted by Crippen LogP contribution is 2.33. The number of hydrogen-bond donors (Lipinski definition) is 1. The number of anilines is 1. The third kappa shape index (κ3) is 4.10. The molecule has 2 heterocycles. The summed E-state index contributed by atoms with van der Waals surface area (Å²) in [4.78, 5) is 9.38. The van der Waals surface area contributed by atoms with Gasteiger partial charge in [-0.05, 0) is 66.5 Å². The highest BCUT2D eigenvalue weighted by Gasteiger charge is 2.19. The zero-order valence-electron chi connectivity index (χ0n) is 16.8. The van der Waals surface area contributed by atoms with Gasteiger partial charge in [0.15, 0.2) is 4.90 Å². The normalized spacial score (nSPS) is 13.2. The van der Waals surface area contributed by atoms with Crippen molar-refractivity contribution in [3.05, 3.63) is 72.1 Å². The maximum Gasteiger partial charge on any atom is 0.179 e. The molecule has 2 aromatic heterocycles. The summed E-state index contributed by atoms with van der Waals surface area (Å²) in [6.45, 7) is 3.85. The lowest BCUT2D eigenvalue weighted by Crippen LogP contribution is -2.11. The molecular weight excluding hydrogens is 401 g/mol. The van der Waals surface area contributed by atoms with Crippen LogP contribution in [0.4, 0.5) is 10.2 Å². The minimum absolute atomic E-state index is 0.152. The van der Waals surface area contributed by atoms with Crippen LogP contribution in [0.3, 0.4) is 0 Å². The molecule has 2 aromatic carbocycles. The first-order valence-electron chi connectivity index (χ1n) is 9.37. The van der Waals surface area contributed by atoms with Gasteiger partial charge in [0.1, 0.15) is 29.7 Å². The van der Waals surface area contributed by atoms with Crippen molar-refractivity contribution in [3.8, 4) is 11.1 Å². The van der Waals surface area contributed by atoms with E-state index in [0.29, 0.717) is 16.2 Å². The standard InChI is InChI=1S/C22H20FN5OS/c1-13-4-9-19(28-27-13)14(2)26-22-18-10-16(15-5-7-17(23)8-6-15)11-20(30(3)29)21(18)24-12-25-22/h4-12,14H,1-3H3,(H,24,25,26). The molecule has 0 aliphatic carbocycles. The molecule has 0 radical (unpaired) electrons. The number of rotatable bonds is 5. The van der Waals surface area contributed by atoms with E-state index in [-0.39, 0.29) is 11.9 Å². The van der Waals surface area contributed by atoms with Crippen LogP contribution >= 0.6 is 0 Å². The summed E-state index contributed by atoms with van der Waals surface area (Å²) in [6, 6.07) is 13.6. The molecule has 0 amide bonds. The molecule has 0 fully saturated rings. The van der Waals surface area contributed by atoms with Gasteiger partial charge in [0, 0.05) is 11.5 Å². The number of benzene rings is 2. The van der Waals surface area contributed by atoms with Gasteiger partial charge in [-0.1, -0.05) is 12.1 Å². The highest BCUT2D eigenvalue weighted by molar-refractivity contribution is 7.91. The minimum atomic E-state index is -1.27. The Morgan fingerprint density at radius 1 is 1.00 bits per heavy atom. The summed E-state index contributed by atoms with van der Waals surface area (Å²) in [7, 11) is 0. The Balaban J connectivity index is 1.81. The Hall–Kier alpha value is -3.10. The van der Waals surface area contributed by atoms with E-state index in [1.54, 1.807) is 18.4 Å². The fraction of sp³-hybridized carbons (Fsp3) is 0.182. The van der Waals surface area contributed by atoms with Crippen LogP contribution in [-0.4, -0.2) is 31.0 Å². The summed E-state index contributed by atoms with van der Waals surface area (Å²) in [5.74, 6) is 0.295. The predicted octanol–water partition coefficient (Wildman–Crippen LogP) is 4.44. The lowest BCUT2D eigenvalue weighted by molar-refractivity contribution is 0.601. The van der Waals surface area contributed by atoms with Crippen LogP contribution in [0.5, 0.6) is 0 Å². The number of hydrogen-bond acceptors (Lipinski definition) is 6. The molecule has 0 saturated carbocycles. The number of aryl methyl sites for hydroxylation is 1. The fourth-order valence-electron chi connectivity index (χ4n) is 3.20. The molecule has 152 valence electrons. The van der Waals surface area contributed by atoms with E-state index in [1.165, 1.54) is 18.5 Å². The first kappa shape index (κ1) is 20.2. The lowest BCUT2D eigenvalue weighted by atomic mass is 10.0. The predicted molar refractivity (Wildman–Crippen MR) is 116 cm³/mol. The largest absolute Gasteiger partial charge is 0.612 e. The van der Waals surface area contributed by atoms with Gasteiger partial charge in [-0.3, -0.25) is 0 Å². The Morgan fingerprint density at radius 3 is 2.43 bits per heavy atom. The van der Waals surface area contributed by atoms with Gasteiger partial charge in [0.05, 0.1) is 17.4 Å². The monoisotopic (exact) mass is 421 g/mol. The van der Waals surface area contributed by atoms with Crippen LogP contribution in [0, 0.1) is 12.7 Å². The third-order valence-corrected chi connectivity index (χ3v) is 5.74. The van der Waals surface area contributed by atoms with Crippen LogP contribution in [-0.2, 0) is 11.2 Å². The van der Waals surface area contributed by atoms with Gasteiger partial charge in [0.25, 0.3) is 0 Å². The van der Waals surface area contributed by atoms with E-state index in [9.17, 15) is 8.94 Å². The van der Waals surface area contributed by atoms with Crippen LogP contribution in [0.1, 0.15) is 24.4 Å². The van der Waals surface area contributed by atoms with Crippen LogP contribution in [0.25, 0.3) is 22.0 Å². The second kappa shape index (κ2) is 8.33. The smallest absolute Gasteiger partial charge is 0.179 e. The fourth-order valence-corrected chi connectivity index (χ4v) is 3.93. The van der Waals surface area contributed by atoms with Crippen molar-refractivity contribution in [3.63, 3.8) is 0 Å². The molecule has 0 saturated heterocycles. The second-order valence-electron chi connectivity index (χ2n) is 7.02. The van der Waals surface area contributed by atoms with E-state index < -0.39 is 11.2 Å². The van der Waals surface area contributed by atoms with Crippen LogP contribution < -0.4 is 5.32 Å². The summed E-state index contributed by atoms with van der Waals surface area (Å²) < 4.78 is 25.8. The van der Waals surface area contributed by atoms with E-state index in [1.807, 2.05) is 38.1 Å². The summed E-state index contributed by atoms with van der Waals surface area (Å²) in [5, 5.41) is 12.4. The number of halogens is 1. The molecule has 2 atom stereocenters. The maximum absolute atomic E-state index is 13.4. The van der Waals surface area contributed by atoms with Gasteiger partial charge >= 0.3 is 0 Å². The van der Waals surface area contributed by atoms with E-state index in [2.05, 4.69) is 25.5 Å². The quantitative estimate of drug-likeness (QED) is 0.479. The van der Waals surface area contributed by atoms with Gasteiger partial charge in [-0.2, -0.15) is 10.2 Å². The molecular formula is C22H20FN5OS. The molecule has 2 unspecified atom stereocenters. The molecule has 6 nitrogen and oxygen atoms in total. The minimum Gasteiger partial charge on any atom is -0.612 e. The SMILES string of the molecule is Cc1ccc(C(C)Nc2ncnc3c([S+](C)[O-])cc(-c4ccc(F)cc4)cc23)nn1. The maximum atomic E-state index is 13.4. The average molecular weight is 422 g/mol. The average Bonchev–Trinajstić information content (AvgIpc) is 2.74. The second-order valence-corrected chi connectivity index (χ2v) is 8.37. The van der Waals surface area contributed by atoms with Crippen LogP contribution in [0.15, 0.2) is 59.8 Å². The van der Waals surface area contributed by atoms with Crippen molar-refractivity contribution < 1.29 is 8.94 Å². The third-order valence-electron chi connectivity index (χ3n) is 4.81. The zero-order chi connectivity index (χ0) is 21.3. The van der Waals surface area contributed by atoms with E-state index in [0.717, 1.165) is 27.9 Å². The van der Waals surface area contributed by atoms with Crippen molar-refractivity contribution in [1.82, 2.24) is 20.2 Å². The van der Waals surface area contributed by atoms with Gasteiger partial charge in [0.2, 0.25) is 0 Å². The van der Waals surface area contributed by atoms with Crippen LogP contribution in [0.2, 0.25) is 0 Å². The molecule has 8 heteroatoms. The van der Waals surface area contributed by atoms with Gasteiger partial charge in [-0.15, -0.1) is 0 Å². The first-order chi connectivity index (χ1) is 14.4. The Labute approximate surface area is 176 Å². The topological polar surface area (TPSA) is 86.7 Å².